The quantitative estimate of drug-likeness (QED) is 0.246. The van der Waals surface area contributed by atoms with E-state index in [-0.39, 0.29) is 31.0 Å². The largest absolute Gasteiger partial charge is 1.00 e. The smallest absolute Gasteiger partial charge is 1.00 e. The van der Waals surface area contributed by atoms with Crippen molar-refractivity contribution in [2.24, 2.45) is 0 Å². The van der Waals surface area contributed by atoms with Crippen LogP contribution >= 0.6 is 0 Å². The molecule has 0 aliphatic heterocycles. The van der Waals surface area contributed by atoms with Gasteiger partial charge in [0.15, 0.2) is 6.10 Å². The van der Waals surface area contributed by atoms with Crippen LogP contribution in [0.15, 0.2) is 0 Å². The fraction of sp³-hybridized carbons (Fsp3) is 0.500. The van der Waals surface area contributed by atoms with Gasteiger partial charge < -0.3 is 16.7 Å². The van der Waals surface area contributed by atoms with E-state index >= 15 is 0 Å². The van der Waals surface area contributed by atoms with Gasteiger partial charge in [0.2, 0.25) is 0 Å². The second-order valence-corrected chi connectivity index (χ2v) is 2.80. The predicted octanol–water partition coefficient (Wildman–Crippen LogP) is -4.63. The normalized spacial score (nSPS) is 11.4. The molecular formula is C4H9NaO9S. The van der Waals surface area contributed by atoms with E-state index in [0.717, 1.165) is 0 Å². The number of carbonyl (C=O) groups is 2. The Labute approximate surface area is 108 Å². The number of aliphatic hydroxyl groups excluding tert-OH is 1. The molecule has 0 bridgehead atoms. The molecule has 0 amide bonds. The van der Waals surface area contributed by atoms with Gasteiger partial charge in [-0.25, -0.2) is 4.79 Å². The SMILES string of the molecule is O=C(O)CC(O)C(=O)O.O=S(=O)(O)O.[H-].[Na+]. The van der Waals surface area contributed by atoms with E-state index in [1.54, 1.807) is 0 Å². The Kier molecular flexibility index (Phi) is 12.2. The van der Waals surface area contributed by atoms with Crippen molar-refractivity contribution >= 4 is 22.3 Å². The van der Waals surface area contributed by atoms with Crippen LogP contribution in [0.4, 0.5) is 0 Å². The number of hydrogen-bond acceptors (Lipinski definition) is 5. The van der Waals surface area contributed by atoms with E-state index in [1.807, 2.05) is 0 Å². The van der Waals surface area contributed by atoms with Crippen LogP contribution in [0.1, 0.15) is 7.85 Å². The fourth-order valence-electron chi connectivity index (χ4n) is 0.253. The molecule has 0 aromatic carbocycles. The zero-order chi connectivity index (χ0) is 11.9. The van der Waals surface area contributed by atoms with Crippen molar-refractivity contribution in [1.82, 2.24) is 0 Å². The summed E-state index contributed by atoms with van der Waals surface area (Å²) in [5.41, 5.74) is 0. The maximum atomic E-state index is 9.72. The summed E-state index contributed by atoms with van der Waals surface area (Å²) >= 11 is 0. The first-order valence-electron chi connectivity index (χ1n) is 2.86. The first-order chi connectivity index (χ1) is 6.04. The van der Waals surface area contributed by atoms with E-state index in [9.17, 15) is 9.59 Å². The zero-order valence-corrected chi connectivity index (χ0v) is 10.4. The number of aliphatic carboxylic acids is 2. The summed E-state index contributed by atoms with van der Waals surface area (Å²) in [5, 5.41) is 24.1. The Morgan fingerprint density at radius 3 is 1.53 bits per heavy atom. The maximum absolute atomic E-state index is 9.72. The minimum Gasteiger partial charge on any atom is -1.00 e. The van der Waals surface area contributed by atoms with Crippen molar-refractivity contribution in [3.05, 3.63) is 0 Å². The van der Waals surface area contributed by atoms with Crippen molar-refractivity contribution < 1.29 is 73.4 Å². The molecular weight excluding hydrogens is 247 g/mol. The van der Waals surface area contributed by atoms with Gasteiger partial charge >= 0.3 is 51.9 Å². The first kappa shape index (κ1) is 20.2. The summed E-state index contributed by atoms with van der Waals surface area (Å²) in [6.45, 7) is 0. The van der Waals surface area contributed by atoms with Gasteiger partial charge in [0.05, 0.1) is 6.42 Å². The molecule has 0 saturated carbocycles. The Morgan fingerprint density at radius 2 is 1.47 bits per heavy atom. The molecule has 0 radical (unpaired) electrons. The molecule has 5 N–H and O–H groups in total. The van der Waals surface area contributed by atoms with Crippen LogP contribution in [-0.2, 0) is 20.0 Å². The molecule has 0 aliphatic rings. The molecule has 15 heavy (non-hydrogen) atoms. The average molecular weight is 256 g/mol. The van der Waals surface area contributed by atoms with E-state index in [0.29, 0.717) is 0 Å². The Bertz CT molecular complexity index is 293. The summed E-state index contributed by atoms with van der Waals surface area (Å²) in [4.78, 5) is 19.4. The van der Waals surface area contributed by atoms with Gasteiger partial charge in [-0.15, -0.1) is 0 Å². The van der Waals surface area contributed by atoms with Crippen LogP contribution in [0.3, 0.4) is 0 Å². The van der Waals surface area contributed by atoms with Crippen molar-refractivity contribution in [2.45, 2.75) is 12.5 Å². The van der Waals surface area contributed by atoms with Gasteiger partial charge in [-0.3, -0.25) is 13.9 Å². The third-order valence-electron chi connectivity index (χ3n) is 0.653. The molecule has 0 saturated heterocycles. The van der Waals surface area contributed by atoms with Crippen molar-refractivity contribution in [2.75, 3.05) is 0 Å². The van der Waals surface area contributed by atoms with E-state index in [2.05, 4.69) is 0 Å². The zero-order valence-electron chi connectivity index (χ0n) is 8.56. The van der Waals surface area contributed by atoms with Crippen molar-refractivity contribution in [3.8, 4) is 0 Å². The molecule has 0 aromatic rings. The van der Waals surface area contributed by atoms with Gasteiger partial charge in [-0.1, -0.05) is 0 Å². The predicted molar refractivity (Wildman–Crippen MR) is 41.2 cm³/mol. The van der Waals surface area contributed by atoms with E-state index in [4.69, 9.17) is 32.8 Å². The van der Waals surface area contributed by atoms with Crippen molar-refractivity contribution in [1.29, 1.82) is 0 Å². The third-order valence-corrected chi connectivity index (χ3v) is 0.653. The second kappa shape index (κ2) is 9.03. The molecule has 0 rings (SSSR count). The number of carboxylic acid groups (broad SMARTS) is 2. The Morgan fingerprint density at radius 1 is 1.20 bits per heavy atom. The van der Waals surface area contributed by atoms with Crippen LogP contribution in [0, 0.1) is 0 Å². The van der Waals surface area contributed by atoms with Gasteiger partial charge in [-0.2, -0.15) is 8.42 Å². The van der Waals surface area contributed by atoms with Crippen molar-refractivity contribution in [3.63, 3.8) is 0 Å². The monoisotopic (exact) mass is 256 g/mol. The third kappa shape index (κ3) is 31.6. The summed E-state index contributed by atoms with van der Waals surface area (Å²) in [6.07, 6.45) is -2.54. The van der Waals surface area contributed by atoms with Gasteiger partial charge in [0.1, 0.15) is 0 Å². The molecule has 0 spiro atoms. The Hall–Kier alpha value is -0.230. The minimum atomic E-state index is -4.67. The summed E-state index contributed by atoms with van der Waals surface area (Å²) < 4.78 is 31.6. The van der Waals surface area contributed by atoms with Gasteiger partial charge in [-0.05, 0) is 0 Å². The molecule has 1 unspecified atom stereocenters. The van der Waals surface area contributed by atoms with Gasteiger partial charge in [0, 0.05) is 0 Å². The topological polar surface area (TPSA) is 169 Å². The molecule has 86 valence electrons. The standard InChI is InChI=1S/C4H6O5.Na.H2O4S.H/c5-2(4(8)9)1-3(6)7;;1-5(2,3)4;/h2,5H,1H2,(H,6,7)(H,8,9);;(H2,1,2,3,4);/q;+1;;-1. The number of rotatable bonds is 3. The minimum absolute atomic E-state index is 0. The van der Waals surface area contributed by atoms with E-state index in [1.165, 1.54) is 0 Å². The van der Waals surface area contributed by atoms with Crippen LogP contribution in [0.2, 0.25) is 0 Å². The maximum Gasteiger partial charge on any atom is 1.00 e. The number of carboxylic acids is 2. The Balaban J connectivity index is -0.0000000904. The number of aliphatic hydroxyl groups is 1. The summed E-state index contributed by atoms with van der Waals surface area (Å²) in [7, 11) is -4.67. The van der Waals surface area contributed by atoms with Crippen LogP contribution in [0.5, 0.6) is 0 Å². The van der Waals surface area contributed by atoms with Crippen LogP contribution < -0.4 is 29.6 Å². The molecule has 1 atom stereocenters. The van der Waals surface area contributed by atoms with E-state index < -0.39 is 34.9 Å². The fourth-order valence-corrected chi connectivity index (χ4v) is 0.253. The summed E-state index contributed by atoms with van der Waals surface area (Å²) in [5.74, 6) is -2.85. The van der Waals surface area contributed by atoms with Gasteiger partial charge in [0.25, 0.3) is 0 Å². The molecule has 0 aromatic heterocycles. The molecule has 0 aliphatic carbocycles. The average Bonchev–Trinajstić information content (AvgIpc) is 1.80. The number of hydrogen-bond donors (Lipinski definition) is 5. The molecule has 0 heterocycles. The molecule has 11 heteroatoms. The second-order valence-electron chi connectivity index (χ2n) is 1.90. The molecule has 0 fully saturated rings. The summed E-state index contributed by atoms with van der Waals surface area (Å²) in [6, 6.07) is 0. The van der Waals surface area contributed by atoms with Crippen LogP contribution in [0.25, 0.3) is 0 Å². The van der Waals surface area contributed by atoms with Crippen LogP contribution in [-0.4, -0.2) is 50.9 Å². The molecule has 9 nitrogen and oxygen atoms in total. The first-order valence-corrected chi connectivity index (χ1v) is 4.26.